The highest BCUT2D eigenvalue weighted by atomic mass is 32.1. The van der Waals surface area contributed by atoms with Gasteiger partial charge in [0.05, 0.1) is 6.04 Å². The van der Waals surface area contributed by atoms with Gasteiger partial charge in [0.15, 0.2) is 5.96 Å². The fourth-order valence-corrected chi connectivity index (χ4v) is 5.08. The molecule has 7 heteroatoms. The third kappa shape index (κ3) is 5.86. The summed E-state index contributed by atoms with van der Waals surface area (Å²) in [7, 11) is 1.81. The van der Waals surface area contributed by atoms with E-state index in [1.807, 2.05) is 29.5 Å². The number of amides is 1. The predicted molar refractivity (Wildman–Crippen MR) is 128 cm³/mol. The lowest BCUT2D eigenvalue weighted by Gasteiger charge is -2.27. The van der Waals surface area contributed by atoms with Crippen LogP contribution in [0.25, 0.3) is 0 Å². The monoisotopic (exact) mass is 439 g/mol. The molecule has 0 spiro atoms. The van der Waals surface area contributed by atoms with Crippen LogP contribution >= 0.6 is 11.3 Å². The number of likely N-dealkylation sites (tertiary alicyclic amines) is 1. The number of aliphatic imine (C=N–C) groups is 1. The summed E-state index contributed by atoms with van der Waals surface area (Å²) in [5.41, 5.74) is 1.98. The van der Waals surface area contributed by atoms with Crippen molar-refractivity contribution in [2.45, 2.75) is 44.7 Å². The molecule has 1 aliphatic heterocycles. The van der Waals surface area contributed by atoms with Gasteiger partial charge in [-0.3, -0.25) is 14.7 Å². The molecule has 166 valence electrons. The maximum atomic E-state index is 12.2. The molecule has 2 heterocycles. The predicted octanol–water partition coefficient (Wildman–Crippen LogP) is 3.99. The first-order valence-corrected chi connectivity index (χ1v) is 12.2. The molecule has 6 nitrogen and oxygen atoms in total. The average molecular weight is 440 g/mol. The van der Waals surface area contributed by atoms with Gasteiger partial charge in [0.1, 0.15) is 0 Å². The first-order valence-electron chi connectivity index (χ1n) is 11.3. The first-order chi connectivity index (χ1) is 15.2. The summed E-state index contributed by atoms with van der Waals surface area (Å²) in [6.07, 6.45) is 5.75. The van der Waals surface area contributed by atoms with Crippen LogP contribution in [-0.2, 0) is 11.3 Å². The second-order valence-corrected chi connectivity index (χ2v) is 9.38. The zero-order chi connectivity index (χ0) is 21.5. The van der Waals surface area contributed by atoms with Crippen molar-refractivity contribution in [3.63, 3.8) is 0 Å². The number of thiophene rings is 1. The van der Waals surface area contributed by atoms with E-state index in [-0.39, 0.29) is 11.8 Å². The number of nitrogens with one attached hydrogen (secondary N) is 3. The number of hydrogen-bond acceptors (Lipinski definition) is 4. The minimum Gasteiger partial charge on any atom is -0.354 e. The quantitative estimate of drug-likeness (QED) is 0.430. The van der Waals surface area contributed by atoms with E-state index in [1.54, 1.807) is 7.05 Å². The highest BCUT2D eigenvalue weighted by Crippen LogP contribution is 2.28. The summed E-state index contributed by atoms with van der Waals surface area (Å²) in [6, 6.07) is 12.8. The Hall–Kier alpha value is -2.38. The van der Waals surface area contributed by atoms with Crippen LogP contribution in [0.2, 0.25) is 0 Å². The maximum absolute atomic E-state index is 12.2. The Morgan fingerprint density at radius 2 is 2.00 bits per heavy atom. The van der Waals surface area contributed by atoms with Crippen molar-refractivity contribution in [3.8, 4) is 0 Å². The van der Waals surface area contributed by atoms with Gasteiger partial charge in [-0.15, -0.1) is 11.3 Å². The minimum atomic E-state index is 0.148. The van der Waals surface area contributed by atoms with Gasteiger partial charge >= 0.3 is 0 Å². The standard InChI is InChI=1S/C24H33N5OS/c1-25-24(27-17-21(22-11-6-14-31-22)29-12-2-3-13-29)26-16-18-7-4-10-20(15-18)28-23(30)19-8-5-9-19/h4,6-7,10-11,14-15,19,21H,2-3,5,8-9,12-13,16-17H2,1H3,(H,28,30)(H2,25,26,27). The molecule has 2 aromatic rings. The molecule has 0 bridgehead atoms. The summed E-state index contributed by atoms with van der Waals surface area (Å²) in [6.45, 7) is 3.81. The number of hydrogen-bond donors (Lipinski definition) is 3. The number of nitrogens with zero attached hydrogens (tertiary/aromatic N) is 2. The Morgan fingerprint density at radius 1 is 1.16 bits per heavy atom. The fourth-order valence-electron chi connectivity index (χ4n) is 4.22. The Balaban J connectivity index is 1.30. The molecule has 1 atom stereocenters. The van der Waals surface area contributed by atoms with E-state index in [1.165, 1.54) is 24.1 Å². The molecule has 0 radical (unpaired) electrons. The molecule has 2 aliphatic rings. The third-order valence-electron chi connectivity index (χ3n) is 6.27. The molecule has 1 aromatic heterocycles. The summed E-state index contributed by atoms with van der Waals surface area (Å²) >= 11 is 1.82. The number of guanidine groups is 1. The summed E-state index contributed by atoms with van der Waals surface area (Å²) in [5, 5.41) is 12.1. The Labute approximate surface area is 189 Å². The zero-order valence-electron chi connectivity index (χ0n) is 18.3. The van der Waals surface area contributed by atoms with Crippen molar-refractivity contribution < 1.29 is 4.79 Å². The van der Waals surface area contributed by atoms with E-state index in [9.17, 15) is 4.79 Å². The number of carbonyl (C=O) groups excluding carboxylic acids is 1. The topological polar surface area (TPSA) is 68.8 Å². The summed E-state index contributed by atoms with van der Waals surface area (Å²) in [4.78, 5) is 20.6. The van der Waals surface area contributed by atoms with Crippen LogP contribution < -0.4 is 16.0 Å². The van der Waals surface area contributed by atoms with E-state index in [4.69, 9.17) is 0 Å². The molecule has 1 amide bonds. The molecular weight excluding hydrogens is 406 g/mol. The fraction of sp³-hybridized carbons (Fsp3) is 0.500. The molecule has 1 saturated heterocycles. The van der Waals surface area contributed by atoms with Gasteiger partial charge in [0, 0.05) is 36.6 Å². The maximum Gasteiger partial charge on any atom is 0.227 e. The third-order valence-corrected chi connectivity index (χ3v) is 7.24. The van der Waals surface area contributed by atoms with Crippen LogP contribution in [0.15, 0.2) is 46.8 Å². The van der Waals surface area contributed by atoms with Gasteiger partial charge in [-0.25, -0.2) is 0 Å². The Morgan fingerprint density at radius 3 is 2.68 bits per heavy atom. The van der Waals surface area contributed by atoms with Crippen molar-refractivity contribution in [1.82, 2.24) is 15.5 Å². The van der Waals surface area contributed by atoms with Crippen LogP contribution in [0.1, 0.15) is 48.6 Å². The number of anilines is 1. The van der Waals surface area contributed by atoms with Gasteiger partial charge in [0.25, 0.3) is 0 Å². The van der Waals surface area contributed by atoms with Crippen molar-refractivity contribution in [3.05, 3.63) is 52.2 Å². The van der Waals surface area contributed by atoms with Crippen molar-refractivity contribution in [2.24, 2.45) is 10.9 Å². The van der Waals surface area contributed by atoms with Crippen LogP contribution in [0.3, 0.4) is 0 Å². The molecule has 31 heavy (non-hydrogen) atoms. The smallest absolute Gasteiger partial charge is 0.227 e. The van der Waals surface area contributed by atoms with E-state index in [2.05, 4.69) is 49.4 Å². The zero-order valence-corrected chi connectivity index (χ0v) is 19.1. The van der Waals surface area contributed by atoms with Crippen LogP contribution in [0.4, 0.5) is 5.69 Å². The Bertz CT molecular complexity index is 872. The molecule has 1 aliphatic carbocycles. The lowest BCUT2D eigenvalue weighted by atomic mass is 9.85. The number of carbonyl (C=O) groups is 1. The van der Waals surface area contributed by atoms with Crippen molar-refractivity contribution >= 4 is 28.9 Å². The molecule has 1 saturated carbocycles. The average Bonchev–Trinajstić information content (AvgIpc) is 3.44. The lowest BCUT2D eigenvalue weighted by molar-refractivity contribution is -0.122. The highest BCUT2D eigenvalue weighted by molar-refractivity contribution is 7.10. The van der Waals surface area contributed by atoms with E-state index >= 15 is 0 Å². The molecular formula is C24H33N5OS. The number of rotatable bonds is 8. The van der Waals surface area contributed by atoms with Gasteiger partial charge in [0.2, 0.25) is 5.91 Å². The molecule has 4 rings (SSSR count). The van der Waals surface area contributed by atoms with E-state index < -0.39 is 0 Å². The molecule has 3 N–H and O–H groups in total. The molecule has 2 fully saturated rings. The summed E-state index contributed by atoms with van der Waals surface area (Å²) in [5.74, 6) is 1.14. The van der Waals surface area contributed by atoms with Gasteiger partial charge in [-0.1, -0.05) is 24.6 Å². The highest BCUT2D eigenvalue weighted by Gasteiger charge is 2.25. The van der Waals surface area contributed by atoms with Gasteiger partial charge in [-0.05, 0) is 67.9 Å². The second kappa shape index (κ2) is 10.8. The second-order valence-electron chi connectivity index (χ2n) is 8.40. The van der Waals surface area contributed by atoms with Crippen molar-refractivity contribution in [2.75, 3.05) is 32.0 Å². The first kappa shape index (κ1) is 21.8. The Kier molecular flexibility index (Phi) is 7.59. The molecule has 1 unspecified atom stereocenters. The van der Waals surface area contributed by atoms with E-state index in [0.717, 1.165) is 49.7 Å². The number of benzene rings is 1. The van der Waals surface area contributed by atoms with E-state index in [0.29, 0.717) is 12.6 Å². The largest absolute Gasteiger partial charge is 0.354 e. The van der Waals surface area contributed by atoms with Crippen LogP contribution in [0.5, 0.6) is 0 Å². The normalized spacial score (nSPS) is 18.4. The van der Waals surface area contributed by atoms with Crippen LogP contribution in [0, 0.1) is 5.92 Å². The minimum absolute atomic E-state index is 0.148. The van der Waals surface area contributed by atoms with Crippen LogP contribution in [-0.4, -0.2) is 43.4 Å². The van der Waals surface area contributed by atoms with Gasteiger partial charge in [-0.2, -0.15) is 0 Å². The summed E-state index contributed by atoms with van der Waals surface area (Å²) < 4.78 is 0. The van der Waals surface area contributed by atoms with Crippen molar-refractivity contribution in [1.29, 1.82) is 0 Å². The SMILES string of the molecule is CN=C(NCc1cccc(NC(=O)C2CCC2)c1)NCC(c1cccs1)N1CCCC1. The lowest BCUT2D eigenvalue weighted by Crippen LogP contribution is -2.42. The van der Waals surface area contributed by atoms with Gasteiger partial charge < -0.3 is 16.0 Å². The molecule has 1 aromatic carbocycles.